The van der Waals surface area contributed by atoms with Crippen molar-refractivity contribution < 1.29 is 5.11 Å². The molecule has 3 heteroatoms. The zero-order chi connectivity index (χ0) is 16.9. The van der Waals surface area contributed by atoms with Crippen LogP contribution in [-0.4, -0.2) is 29.3 Å². The van der Waals surface area contributed by atoms with Gasteiger partial charge in [0.15, 0.2) is 0 Å². The predicted molar refractivity (Wildman–Crippen MR) is 100 cm³/mol. The summed E-state index contributed by atoms with van der Waals surface area (Å²) >= 11 is 6.08. The van der Waals surface area contributed by atoms with Gasteiger partial charge in [-0.3, -0.25) is 4.90 Å². The molecule has 128 valence electrons. The first-order valence-corrected chi connectivity index (χ1v) is 9.23. The zero-order valence-electron chi connectivity index (χ0n) is 14.2. The molecule has 1 aliphatic heterocycles. The van der Waals surface area contributed by atoms with Crippen LogP contribution < -0.4 is 0 Å². The Hall–Kier alpha value is -1.35. The molecule has 0 saturated carbocycles. The third kappa shape index (κ3) is 4.38. The highest BCUT2D eigenvalue weighted by atomic mass is 35.5. The lowest BCUT2D eigenvalue weighted by Crippen LogP contribution is -2.44. The third-order valence-corrected chi connectivity index (χ3v) is 5.45. The number of likely N-dealkylation sites (tertiary alicyclic amines) is 1. The highest BCUT2D eigenvalue weighted by molar-refractivity contribution is 6.30. The molecule has 0 spiro atoms. The molecule has 2 aromatic carbocycles. The number of benzene rings is 2. The van der Waals surface area contributed by atoms with Crippen molar-refractivity contribution >= 4 is 11.6 Å². The van der Waals surface area contributed by atoms with E-state index < -0.39 is 6.23 Å². The minimum atomic E-state index is -0.443. The van der Waals surface area contributed by atoms with Crippen LogP contribution in [0, 0.1) is 5.92 Å². The Kier molecular flexibility index (Phi) is 5.94. The van der Waals surface area contributed by atoms with Crippen LogP contribution in [0.2, 0.25) is 5.02 Å². The smallest absolute Gasteiger partial charge is 0.114 e. The van der Waals surface area contributed by atoms with E-state index in [1.807, 2.05) is 24.3 Å². The van der Waals surface area contributed by atoms with Crippen LogP contribution in [0.3, 0.4) is 0 Å². The number of nitrogens with zero attached hydrogens (tertiary/aromatic N) is 1. The second-order valence-electron chi connectivity index (χ2n) is 6.93. The number of aliphatic hydroxyl groups is 1. The summed E-state index contributed by atoms with van der Waals surface area (Å²) in [4.78, 5) is 2.22. The van der Waals surface area contributed by atoms with Crippen molar-refractivity contribution in [1.29, 1.82) is 0 Å². The average molecular weight is 344 g/mol. The molecule has 1 N–H and O–H groups in total. The summed E-state index contributed by atoms with van der Waals surface area (Å²) in [6, 6.07) is 18.5. The van der Waals surface area contributed by atoms with E-state index in [0.29, 0.717) is 0 Å². The molecule has 1 heterocycles. The van der Waals surface area contributed by atoms with Crippen LogP contribution >= 0.6 is 11.6 Å². The molecule has 2 unspecified atom stereocenters. The Labute approximate surface area is 150 Å². The number of hydrogen-bond acceptors (Lipinski definition) is 2. The van der Waals surface area contributed by atoms with E-state index in [2.05, 4.69) is 42.2 Å². The van der Waals surface area contributed by atoms with Crippen LogP contribution in [0.5, 0.6) is 0 Å². The first-order chi connectivity index (χ1) is 11.6. The SMILES string of the molecule is CC(c1cccc(Cl)c1)C(O)N1CCC(Cc2ccccc2)CC1. The zero-order valence-corrected chi connectivity index (χ0v) is 15.0. The maximum atomic E-state index is 10.7. The number of aliphatic hydroxyl groups excluding tert-OH is 1. The van der Waals surface area contributed by atoms with Gasteiger partial charge >= 0.3 is 0 Å². The van der Waals surface area contributed by atoms with E-state index in [-0.39, 0.29) is 5.92 Å². The van der Waals surface area contributed by atoms with Gasteiger partial charge in [0.2, 0.25) is 0 Å². The van der Waals surface area contributed by atoms with Crippen LogP contribution in [0.25, 0.3) is 0 Å². The minimum absolute atomic E-state index is 0.0642. The molecule has 1 aliphatic rings. The molecule has 3 rings (SSSR count). The van der Waals surface area contributed by atoms with Crippen molar-refractivity contribution in [2.45, 2.75) is 38.3 Å². The maximum absolute atomic E-state index is 10.7. The molecule has 0 aromatic heterocycles. The summed E-state index contributed by atoms with van der Waals surface area (Å²) in [6.07, 6.45) is 3.00. The Morgan fingerprint density at radius 3 is 2.46 bits per heavy atom. The van der Waals surface area contributed by atoms with Crippen LogP contribution in [-0.2, 0) is 6.42 Å². The standard InChI is InChI=1S/C21H26ClNO/c1-16(19-8-5-9-20(22)15-19)21(24)23-12-10-18(11-13-23)14-17-6-3-2-4-7-17/h2-9,15-16,18,21,24H,10-14H2,1H3. The average Bonchev–Trinajstić information content (AvgIpc) is 2.62. The molecule has 2 atom stereocenters. The van der Waals surface area contributed by atoms with Crippen molar-refractivity contribution in [2.75, 3.05) is 13.1 Å². The van der Waals surface area contributed by atoms with Gasteiger partial charge in [0.1, 0.15) is 6.23 Å². The van der Waals surface area contributed by atoms with Crippen LogP contribution in [0.1, 0.15) is 36.8 Å². The van der Waals surface area contributed by atoms with Gasteiger partial charge in [-0.25, -0.2) is 0 Å². The summed E-state index contributed by atoms with van der Waals surface area (Å²) in [5.41, 5.74) is 2.52. The fraction of sp³-hybridized carbons (Fsp3) is 0.429. The first-order valence-electron chi connectivity index (χ1n) is 8.85. The van der Waals surface area contributed by atoms with Gasteiger partial charge in [0.25, 0.3) is 0 Å². The van der Waals surface area contributed by atoms with E-state index in [4.69, 9.17) is 11.6 Å². The lowest BCUT2D eigenvalue weighted by atomic mass is 9.89. The number of halogens is 1. The van der Waals surface area contributed by atoms with Crippen LogP contribution in [0.4, 0.5) is 0 Å². The fourth-order valence-electron chi connectivity index (χ4n) is 3.65. The Balaban J connectivity index is 1.54. The molecule has 0 radical (unpaired) electrons. The van der Waals surface area contributed by atoms with Gasteiger partial charge in [-0.2, -0.15) is 0 Å². The molecule has 24 heavy (non-hydrogen) atoms. The Bertz CT molecular complexity index is 637. The monoisotopic (exact) mass is 343 g/mol. The van der Waals surface area contributed by atoms with Gasteiger partial charge in [0.05, 0.1) is 0 Å². The number of rotatable bonds is 5. The van der Waals surface area contributed by atoms with E-state index in [0.717, 1.165) is 48.9 Å². The lowest BCUT2D eigenvalue weighted by Gasteiger charge is -2.37. The van der Waals surface area contributed by atoms with Crippen molar-refractivity contribution in [1.82, 2.24) is 4.90 Å². The van der Waals surface area contributed by atoms with Gasteiger partial charge in [0, 0.05) is 24.0 Å². The van der Waals surface area contributed by atoms with E-state index >= 15 is 0 Å². The molecule has 2 nitrogen and oxygen atoms in total. The molecule has 1 saturated heterocycles. The molecule has 0 amide bonds. The summed E-state index contributed by atoms with van der Waals surface area (Å²) < 4.78 is 0. The molecular weight excluding hydrogens is 318 g/mol. The summed E-state index contributed by atoms with van der Waals surface area (Å²) in [5, 5.41) is 11.5. The summed E-state index contributed by atoms with van der Waals surface area (Å²) in [6.45, 7) is 4.00. The van der Waals surface area contributed by atoms with E-state index in [9.17, 15) is 5.11 Å². The summed E-state index contributed by atoms with van der Waals surface area (Å²) in [5.74, 6) is 0.784. The van der Waals surface area contributed by atoms with Gasteiger partial charge in [-0.15, -0.1) is 0 Å². The van der Waals surface area contributed by atoms with Gasteiger partial charge in [-0.05, 0) is 48.4 Å². The summed E-state index contributed by atoms with van der Waals surface area (Å²) in [7, 11) is 0. The topological polar surface area (TPSA) is 23.5 Å². The molecular formula is C21H26ClNO. The van der Waals surface area contributed by atoms with Gasteiger partial charge < -0.3 is 5.11 Å². The quantitative estimate of drug-likeness (QED) is 0.849. The van der Waals surface area contributed by atoms with Crippen molar-refractivity contribution in [2.24, 2.45) is 5.92 Å². The Morgan fingerprint density at radius 2 is 1.79 bits per heavy atom. The fourth-order valence-corrected chi connectivity index (χ4v) is 3.85. The first kappa shape index (κ1) is 17.5. The third-order valence-electron chi connectivity index (χ3n) is 5.21. The highest BCUT2D eigenvalue weighted by Crippen LogP contribution is 2.28. The van der Waals surface area contributed by atoms with Crippen LogP contribution in [0.15, 0.2) is 54.6 Å². The highest BCUT2D eigenvalue weighted by Gasteiger charge is 2.28. The van der Waals surface area contributed by atoms with Crippen molar-refractivity contribution in [3.8, 4) is 0 Å². The minimum Gasteiger partial charge on any atom is -0.378 e. The lowest BCUT2D eigenvalue weighted by molar-refractivity contribution is -0.0313. The van der Waals surface area contributed by atoms with E-state index in [1.165, 1.54) is 5.56 Å². The van der Waals surface area contributed by atoms with Crippen molar-refractivity contribution in [3.05, 3.63) is 70.7 Å². The molecule has 0 bridgehead atoms. The van der Waals surface area contributed by atoms with E-state index in [1.54, 1.807) is 0 Å². The van der Waals surface area contributed by atoms with Crippen molar-refractivity contribution in [3.63, 3.8) is 0 Å². The number of piperidine rings is 1. The Morgan fingerprint density at radius 1 is 1.08 bits per heavy atom. The van der Waals surface area contributed by atoms with Gasteiger partial charge in [-0.1, -0.05) is 61.0 Å². The second kappa shape index (κ2) is 8.15. The molecule has 0 aliphatic carbocycles. The second-order valence-corrected chi connectivity index (χ2v) is 7.36. The molecule has 2 aromatic rings. The normalized spacial score (nSPS) is 19.1. The molecule has 1 fully saturated rings. The maximum Gasteiger partial charge on any atom is 0.114 e. The predicted octanol–water partition coefficient (Wildman–Crippen LogP) is 4.72. The largest absolute Gasteiger partial charge is 0.378 e. The number of hydrogen-bond donors (Lipinski definition) is 1.